The molecular formula is C16H24ClNO2. The van der Waals surface area contributed by atoms with Gasteiger partial charge in [-0.15, -0.1) is 0 Å². The molecule has 1 aromatic rings. The third-order valence-corrected chi connectivity index (χ3v) is 4.04. The van der Waals surface area contributed by atoms with Gasteiger partial charge in [-0.05, 0) is 50.3 Å². The largest absolute Gasteiger partial charge is 0.493 e. The molecule has 1 N–H and O–H groups in total. The molecular weight excluding hydrogens is 274 g/mol. The minimum Gasteiger partial charge on any atom is -0.493 e. The standard InChI is InChI=1S/C16H24ClNO2/c1-19-15-10-12(14(17)11-16(15)20-2)6-4-3-5-9-18-13-7-8-13/h10-11,13,18H,3-9H2,1-2H3. The number of aryl methyl sites for hydroxylation is 1. The monoisotopic (exact) mass is 297 g/mol. The van der Waals surface area contributed by atoms with Crippen molar-refractivity contribution in [1.29, 1.82) is 0 Å². The number of halogens is 1. The van der Waals surface area contributed by atoms with Gasteiger partial charge in [0.05, 0.1) is 14.2 Å². The number of unbranched alkanes of at least 4 members (excludes halogenated alkanes) is 2. The van der Waals surface area contributed by atoms with Crippen LogP contribution in [-0.2, 0) is 6.42 Å². The Kier molecular flexibility index (Phi) is 5.99. The average Bonchev–Trinajstić information content (AvgIpc) is 3.27. The molecule has 2 rings (SSSR count). The molecule has 4 heteroatoms. The van der Waals surface area contributed by atoms with Crippen molar-refractivity contribution in [3.63, 3.8) is 0 Å². The number of rotatable bonds is 9. The Morgan fingerprint density at radius 1 is 1.10 bits per heavy atom. The molecule has 0 amide bonds. The number of hydrogen-bond donors (Lipinski definition) is 1. The van der Waals surface area contributed by atoms with E-state index in [-0.39, 0.29) is 0 Å². The fourth-order valence-corrected chi connectivity index (χ4v) is 2.55. The molecule has 3 nitrogen and oxygen atoms in total. The van der Waals surface area contributed by atoms with E-state index < -0.39 is 0 Å². The maximum Gasteiger partial charge on any atom is 0.162 e. The fourth-order valence-electron chi connectivity index (χ4n) is 2.30. The number of hydrogen-bond acceptors (Lipinski definition) is 3. The van der Waals surface area contributed by atoms with Crippen LogP contribution < -0.4 is 14.8 Å². The Hall–Kier alpha value is -0.930. The molecule has 0 aromatic heterocycles. The van der Waals surface area contributed by atoms with E-state index in [2.05, 4.69) is 5.32 Å². The predicted molar refractivity (Wildman–Crippen MR) is 83.1 cm³/mol. The number of benzene rings is 1. The van der Waals surface area contributed by atoms with Crippen molar-refractivity contribution in [3.8, 4) is 11.5 Å². The van der Waals surface area contributed by atoms with Crippen LogP contribution in [0.5, 0.6) is 11.5 Å². The second-order valence-corrected chi connectivity index (χ2v) is 5.74. The lowest BCUT2D eigenvalue weighted by atomic mass is 10.1. The summed E-state index contributed by atoms with van der Waals surface area (Å²) in [5.41, 5.74) is 1.14. The normalized spacial score (nSPS) is 14.3. The molecule has 1 fully saturated rings. The van der Waals surface area contributed by atoms with E-state index in [1.807, 2.05) is 12.1 Å². The third-order valence-electron chi connectivity index (χ3n) is 3.69. The Labute approximate surface area is 126 Å². The molecule has 0 heterocycles. The van der Waals surface area contributed by atoms with Crippen LogP contribution in [0.25, 0.3) is 0 Å². The molecule has 0 unspecified atom stereocenters. The first-order valence-electron chi connectivity index (χ1n) is 7.38. The molecule has 0 aliphatic heterocycles. The first-order chi connectivity index (χ1) is 9.74. The summed E-state index contributed by atoms with van der Waals surface area (Å²) in [5.74, 6) is 1.44. The number of methoxy groups -OCH3 is 2. The van der Waals surface area contributed by atoms with Crippen molar-refractivity contribution in [2.24, 2.45) is 0 Å². The van der Waals surface area contributed by atoms with Gasteiger partial charge in [0, 0.05) is 17.1 Å². The molecule has 1 saturated carbocycles. The highest BCUT2D eigenvalue weighted by Gasteiger charge is 2.19. The summed E-state index contributed by atoms with van der Waals surface area (Å²) in [7, 11) is 3.28. The maximum atomic E-state index is 6.28. The van der Waals surface area contributed by atoms with Gasteiger partial charge in [0.25, 0.3) is 0 Å². The SMILES string of the molecule is COc1cc(Cl)c(CCCCCNC2CC2)cc1OC. The molecule has 1 aliphatic carbocycles. The summed E-state index contributed by atoms with van der Waals surface area (Å²) in [6.07, 6.45) is 7.33. The van der Waals surface area contributed by atoms with Crippen LogP contribution in [0, 0.1) is 0 Å². The molecule has 1 aliphatic rings. The van der Waals surface area contributed by atoms with Crippen molar-refractivity contribution < 1.29 is 9.47 Å². The molecule has 112 valence electrons. The van der Waals surface area contributed by atoms with Crippen molar-refractivity contribution >= 4 is 11.6 Å². The van der Waals surface area contributed by atoms with Gasteiger partial charge in [-0.3, -0.25) is 0 Å². The van der Waals surface area contributed by atoms with Gasteiger partial charge in [-0.1, -0.05) is 18.0 Å². The highest BCUT2D eigenvalue weighted by Crippen LogP contribution is 2.33. The van der Waals surface area contributed by atoms with Crippen molar-refractivity contribution in [2.45, 2.75) is 44.6 Å². The lowest BCUT2D eigenvalue weighted by Crippen LogP contribution is -2.17. The first-order valence-corrected chi connectivity index (χ1v) is 7.76. The zero-order chi connectivity index (χ0) is 14.4. The van der Waals surface area contributed by atoms with Crippen LogP contribution in [0.2, 0.25) is 5.02 Å². The summed E-state index contributed by atoms with van der Waals surface area (Å²) in [5, 5.41) is 4.30. The van der Waals surface area contributed by atoms with Crippen LogP contribution in [0.3, 0.4) is 0 Å². The van der Waals surface area contributed by atoms with Crippen LogP contribution in [0.15, 0.2) is 12.1 Å². The van der Waals surface area contributed by atoms with Crippen LogP contribution >= 0.6 is 11.6 Å². The Morgan fingerprint density at radius 2 is 1.80 bits per heavy atom. The van der Waals surface area contributed by atoms with Gasteiger partial charge >= 0.3 is 0 Å². The number of nitrogens with one attached hydrogen (secondary N) is 1. The summed E-state index contributed by atoms with van der Waals surface area (Å²) < 4.78 is 10.6. The quantitative estimate of drug-likeness (QED) is 0.703. The topological polar surface area (TPSA) is 30.5 Å². The van der Waals surface area contributed by atoms with E-state index in [9.17, 15) is 0 Å². The van der Waals surface area contributed by atoms with Gasteiger partial charge in [0.2, 0.25) is 0 Å². The number of ether oxygens (including phenoxy) is 2. The van der Waals surface area contributed by atoms with Crippen molar-refractivity contribution in [3.05, 3.63) is 22.7 Å². The van der Waals surface area contributed by atoms with Gasteiger partial charge in [-0.25, -0.2) is 0 Å². The zero-order valence-electron chi connectivity index (χ0n) is 12.4. The zero-order valence-corrected chi connectivity index (χ0v) is 13.1. The van der Waals surface area contributed by atoms with Crippen LogP contribution in [0.1, 0.15) is 37.7 Å². The van der Waals surface area contributed by atoms with E-state index in [1.54, 1.807) is 14.2 Å². The Morgan fingerprint density at radius 3 is 2.45 bits per heavy atom. The van der Waals surface area contributed by atoms with E-state index in [4.69, 9.17) is 21.1 Å². The fraction of sp³-hybridized carbons (Fsp3) is 0.625. The van der Waals surface area contributed by atoms with Crippen LogP contribution in [-0.4, -0.2) is 26.8 Å². The van der Waals surface area contributed by atoms with Gasteiger partial charge in [0.15, 0.2) is 11.5 Å². The predicted octanol–water partition coefficient (Wildman–Crippen LogP) is 3.82. The smallest absolute Gasteiger partial charge is 0.162 e. The highest BCUT2D eigenvalue weighted by molar-refractivity contribution is 6.31. The lowest BCUT2D eigenvalue weighted by molar-refractivity contribution is 0.354. The summed E-state index contributed by atoms with van der Waals surface area (Å²) in [6, 6.07) is 4.64. The molecule has 0 radical (unpaired) electrons. The highest BCUT2D eigenvalue weighted by atomic mass is 35.5. The summed E-state index contributed by atoms with van der Waals surface area (Å²) >= 11 is 6.28. The van der Waals surface area contributed by atoms with Gasteiger partial charge in [-0.2, -0.15) is 0 Å². The van der Waals surface area contributed by atoms with E-state index in [0.29, 0.717) is 5.75 Å². The third kappa shape index (κ3) is 4.57. The minimum absolute atomic E-state index is 0.690. The van der Waals surface area contributed by atoms with E-state index in [0.717, 1.165) is 41.8 Å². The van der Waals surface area contributed by atoms with E-state index >= 15 is 0 Å². The molecule has 0 spiro atoms. The van der Waals surface area contributed by atoms with Crippen LogP contribution in [0.4, 0.5) is 0 Å². The average molecular weight is 298 g/mol. The molecule has 0 atom stereocenters. The molecule has 0 bridgehead atoms. The van der Waals surface area contributed by atoms with Crippen molar-refractivity contribution in [2.75, 3.05) is 20.8 Å². The summed E-state index contributed by atoms with van der Waals surface area (Å²) in [6.45, 7) is 1.14. The molecule has 1 aromatic carbocycles. The minimum atomic E-state index is 0.690. The second kappa shape index (κ2) is 7.75. The van der Waals surface area contributed by atoms with Crippen molar-refractivity contribution in [1.82, 2.24) is 5.32 Å². The lowest BCUT2D eigenvalue weighted by Gasteiger charge is -2.11. The first kappa shape index (κ1) is 15.5. The van der Waals surface area contributed by atoms with Gasteiger partial charge in [0.1, 0.15) is 0 Å². The molecule has 0 saturated heterocycles. The Balaban J connectivity index is 1.76. The summed E-state index contributed by atoms with van der Waals surface area (Å²) in [4.78, 5) is 0. The van der Waals surface area contributed by atoms with Gasteiger partial charge < -0.3 is 14.8 Å². The molecule has 20 heavy (non-hydrogen) atoms. The Bertz CT molecular complexity index is 433. The van der Waals surface area contributed by atoms with E-state index in [1.165, 1.54) is 25.7 Å². The maximum absolute atomic E-state index is 6.28. The second-order valence-electron chi connectivity index (χ2n) is 5.34.